The molecule has 3 atom stereocenters. The smallest absolute Gasteiger partial charge is 0.194 e. The SMILES string of the molecule is CC1C[C@@H](CO)O[C@H]1c1coc2c(N)ncnc12. The van der Waals surface area contributed by atoms with Crippen LogP contribution in [-0.4, -0.2) is 27.8 Å². The van der Waals surface area contributed by atoms with Crippen LogP contribution in [0, 0.1) is 5.92 Å². The molecule has 1 aliphatic rings. The molecule has 2 aromatic rings. The highest BCUT2D eigenvalue weighted by molar-refractivity contribution is 5.84. The molecule has 0 spiro atoms. The van der Waals surface area contributed by atoms with Crippen LogP contribution in [0.5, 0.6) is 0 Å². The largest absolute Gasteiger partial charge is 0.458 e. The summed E-state index contributed by atoms with van der Waals surface area (Å²) < 4.78 is 11.2. The van der Waals surface area contributed by atoms with E-state index in [4.69, 9.17) is 20.0 Å². The second kappa shape index (κ2) is 4.22. The average Bonchev–Trinajstić information content (AvgIpc) is 2.93. The van der Waals surface area contributed by atoms with Gasteiger partial charge in [0.1, 0.15) is 11.8 Å². The van der Waals surface area contributed by atoms with E-state index in [0.717, 1.165) is 12.0 Å². The minimum atomic E-state index is -0.117. The highest BCUT2D eigenvalue weighted by atomic mass is 16.5. The molecule has 18 heavy (non-hydrogen) atoms. The van der Waals surface area contributed by atoms with Gasteiger partial charge in [-0.25, -0.2) is 9.97 Å². The molecule has 0 aliphatic carbocycles. The van der Waals surface area contributed by atoms with Gasteiger partial charge in [0.15, 0.2) is 11.4 Å². The van der Waals surface area contributed by atoms with Crippen LogP contribution < -0.4 is 5.73 Å². The van der Waals surface area contributed by atoms with Gasteiger partial charge in [-0.05, 0) is 12.3 Å². The van der Waals surface area contributed by atoms with Gasteiger partial charge in [-0.1, -0.05) is 6.92 Å². The lowest BCUT2D eigenvalue weighted by atomic mass is 9.97. The van der Waals surface area contributed by atoms with Crippen molar-refractivity contribution >= 4 is 16.9 Å². The molecule has 3 rings (SSSR count). The van der Waals surface area contributed by atoms with E-state index in [1.165, 1.54) is 6.33 Å². The molecule has 1 aliphatic heterocycles. The molecule has 0 bridgehead atoms. The number of aliphatic hydroxyl groups excluding tert-OH is 1. The third-order valence-electron chi connectivity index (χ3n) is 3.41. The fourth-order valence-electron chi connectivity index (χ4n) is 2.52. The number of fused-ring (bicyclic) bond motifs is 1. The molecule has 0 amide bonds. The summed E-state index contributed by atoms with van der Waals surface area (Å²) in [6.07, 6.45) is 3.64. The molecule has 0 radical (unpaired) electrons. The first kappa shape index (κ1) is 11.4. The van der Waals surface area contributed by atoms with E-state index in [1.54, 1.807) is 6.26 Å². The van der Waals surface area contributed by atoms with E-state index in [9.17, 15) is 0 Å². The Kier molecular flexibility index (Phi) is 2.68. The number of hydrogen-bond acceptors (Lipinski definition) is 6. The molecular weight excluding hydrogens is 234 g/mol. The summed E-state index contributed by atoms with van der Waals surface area (Å²) in [6, 6.07) is 0. The van der Waals surface area contributed by atoms with Crippen LogP contribution >= 0.6 is 0 Å². The fourth-order valence-corrected chi connectivity index (χ4v) is 2.52. The van der Waals surface area contributed by atoms with Crippen molar-refractivity contribution < 1.29 is 14.3 Å². The van der Waals surface area contributed by atoms with Gasteiger partial charge in [0.05, 0.1) is 25.1 Å². The standard InChI is InChI=1S/C12H15N3O3/c1-6-2-7(3-16)18-10(6)8-4-17-11-9(8)14-5-15-12(11)13/h4-7,10,16H,2-3H2,1H3,(H2,13,14,15)/t6?,7-,10+/m0/s1. The molecule has 3 N–H and O–H groups in total. The quantitative estimate of drug-likeness (QED) is 0.832. The Morgan fingerprint density at radius 2 is 2.33 bits per heavy atom. The van der Waals surface area contributed by atoms with Crippen LogP contribution in [0.1, 0.15) is 25.0 Å². The summed E-state index contributed by atoms with van der Waals surface area (Å²) in [5.74, 6) is 0.634. The number of nitrogen functional groups attached to an aromatic ring is 1. The Labute approximate surface area is 104 Å². The van der Waals surface area contributed by atoms with E-state index >= 15 is 0 Å². The predicted octanol–water partition coefficient (Wildman–Crippen LogP) is 1.26. The van der Waals surface area contributed by atoms with Crippen molar-refractivity contribution in [1.29, 1.82) is 0 Å². The highest BCUT2D eigenvalue weighted by Gasteiger charge is 2.35. The maximum Gasteiger partial charge on any atom is 0.194 e. The summed E-state index contributed by atoms with van der Waals surface area (Å²) in [6.45, 7) is 2.12. The van der Waals surface area contributed by atoms with Crippen molar-refractivity contribution in [2.45, 2.75) is 25.6 Å². The number of anilines is 1. The van der Waals surface area contributed by atoms with Gasteiger partial charge < -0.3 is 20.0 Å². The zero-order chi connectivity index (χ0) is 12.7. The number of nitrogens with zero attached hydrogens (tertiary/aromatic N) is 2. The molecule has 1 fully saturated rings. The maximum atomic E-state index is 9.16. The molecule has 0 aromatic carbocycles. The third-order valence-corrected chi connectivity index (χ3v) is 3.41. The Morgan fingerprint density at radius 1 is 1.50 bits per heavy atom. The summed E-state index contributed by atoms with van der Waals surface area (Å²) in [4.78, 5) is 8.09. The number of furan rings is 1. The molecular formula is C12H15N3O3. The minimum Gasteiger partial charge on any atom is -0.458 e. The average molecular weight is 249 g/mol. The monoisotopic (exact) mass is 249 g/mol. The van der Waals surface area contributed by atoms with E-state index < -0.39 is 0 Å². The molecule has 96 valence electrons. The molecule has 6 nitrogen and oxygen atoms in total. The summed E-state index contributed by atoms with van der Waals surface area (Å²) in [5, 5.41) is 9.16. The molecule has 6 heteroatoms. The van der Waals surface area contributed by atoms with Gasteiger partial charge in [-0.15, -0.1) is 0 Å². The molecule has 0 saturated carbocycles. The number of rotatable bonds is 2. The van der Waals surface area contributed by atoms with Crippen molar-refractivity contribution in [3.05, 3.63) is 18.2 Å². The lowest BCUT2D eigenvalue weighted by Gasteiger charge is -2.13. The van der Waals surface area contributed by atoms with Gasteiger partial charge in [-0.2, -0.15) is 0 Å². The number of ether oxygens (including phenoxy) is 1. The van der Waals surface area contributed by atoms with Crippen molar-refractivity contribution in [3.63, 3.8) is 0 Å². The van der Waals surface area contributed by atoms with Gasteiger partial charge in [0.25, 0.3) is 0 Å². The Morgan fingerprint density at radius 3 is 3.06 bits per heavy atom. The first-order chi connectivity index (χ1) is 8.70. The van der Waals surface area contributed by atoms with Gasteiger partial charge in [0, 0.05) is 5.56 Å². The number of nitrogens with two attached hydrogens (primary N) is 1. The Balaban J connectivity index is 2.02. The second-order valence-corrected chi connectivity index (χ2v) is 4.70. The van der Waals surface area contributed by atoms with Crippen LogP contribution in [0.3, 0.4) is 0 Å². The van der Waals surface area contributed by atoms with Crippen LogP contribution in [0.15, 0.2) is 17.0 Å². The van der Waals surface area contributed by atoms with E-state index in [0.29, 0.717) is 22.8 Å². The fraction of sp³-hybridized carbons (Fsp3) is 0.500. The molecule has 1 unspecified atom stereocenters. The lowest BCUT2D eigenvalue weighted by Crippen LogP contribution is -2.11. The van der Waals surface area contributed by atoms with E-state index in [-0.39, 0.29) is 18.8 Å². The molecule has 1 saturated heterocycles. The van der Waals surface area contributed by atoms with Crippen molar-refractivity contribution in [1.82, 2.24) is 9.97 Å². The molecule has 2 aromatic heterocycles. The first-order valence-corrected chi connectivity index (χ1v) is 5.94. The van der Waals surface area contributed by atoms with E-state index in [1.807, 2.05) is 0 Å². The second-order valence-electron chi connectivity index (χ2n) is 4.70. The lowest BCUT2D eigenvalue weighted by molar-refractivity contribution is 0.00544. The number of aliphatic hydroxyl groups is 1. The maximum absolute atomic E-state index is 9.16. The Bertz CT molecular complexity index is 569. The van der Waals surface area contributed by atoms with Crippen molar-refractivity contribution in [3.8, 4) is 0 Å². The summed E-state index contributed by atoms with van der Waals surface area (Å²) in [5.41, 5.74) is 7.80. The third kappa shape index (κ3) is 1.65. The Hall–Kier alpha value is -1.66. The van der Waals surface area contributed by atoms with Crippen LogP contribution in [0.4, 0.5) is 5.82 Å². The predicted molar refractivity (Wildman–Crippen MR) is 64.7 cm³/mol. The minimum absolute atomic E-state index is 0.0355. The first-order valence-electron chi connectivity index (χ1n) is 5.94. The van der Waals surface area contributed by atoms with Crippen molar-refractivity contribution in [2.24, 2.45) is 5.92 Å². The van der Waals surface area contributed by atoms with Crippen LogP contribution in [-0.2, 0) is 4.74 Å². The summed E-state index contributed by atoms with van der Waals surface area (Å²) >= 11 is 0. The van der Waals surface area contributed by atoms with Gasteiger partial charge >= 0.3 is 0 Å². The van der Waals surface area contributed by atoms with Crippen LogP contribution in [0.25, 0.3) is 11.1 Å². The normalized spacial score (nSPS) is 28.0. The zero-order valence-corrected chi connectivity index (χ0v) is 10.0. The topological polar surface area (TPSA) is 94.4 Å². The van der Waals surface area contributed by atoms with Crippen LogP contribution in [0.2, 0.25) is 0 Å². The van der Waals surface area contributed by atoms with Crippen molar-refractivity contribution in [2.75, 3.05) is 12.3 Å². The zero-order valence-electron chi connectivity index (χ0n) is 10.0. The number of hydrogen-bond donors (Lipinski definition) is 2. The van der Waals surface area contributed by atoms with E-state index in [2.05, 4.69) is 16.9 Å². The van der Waals surface area contributed by atoms with Gasteiger partial charge in [-0.3, -0.25) is 0 Å². The summed E-state index contributed by atoms with van der Waals surface area (Å²) in [7, 11) is 0. The molecule has 3 heterocycles. The van der Waals surface area contributed by atoms with Gasteiger partial charge in [0.2, 0.25) is 0 Å². The highest BCUT2D eigenvalue weighted by Crippen LogP contribution is 2.41. The number of aromatic nitrogens is 2.